The molecule has 2 N–H and O–H groups in total. The van der Waals surface area contributed by atoms with Crippen molar-refractivity contribution in [3.05, 3.63) is 0 Å². The van der Waals surface area contributed by atoms with Crippen molar-refractivity contribution in [2.24, 2.45) is 0 Å². The smallest absolute Gasteiger partial charge is 0.0162 e. The van der Waals surface area contributed by atoms with E-state index in [1.54, 1.807) is 0 Å². The van der Waals surface area contributed by atoms with E-state index in [0.29, 0.717) is 6.04 Å². The van der Waals surface area contributed by atoms with Crippen LogP contribution in [0.1, 0.15) is 13.8 Å². The molecule has 0 rings (SSSR count). The van der Waals surface area contributed by atoms with Crippen molar-refractivity contribution in [3.63, 3.8) is 0 Å². The number of nitrogens with one attached hydrogen (secondary N) is 2. The molecule has 4 heteroatoms. The van der Waals surface area contributed by atoms with Crippen molar-refractivity contribution >= 4 is 21.6 Å². The monoisotopic (exact) mass is 208 g/mol. The van der Waals surface area contributed by atoms with Crippen LogP contribution in [0.15, 0.2) is 0 Å². The van der Waals surface area contributed by atoms with Crippen LogP contribution in [0.4, 0.5) is 0 Å². The van der Waals surface area contributed by atoms with Crippen LogP contribution >= 0.6 is 21.6 Å². The molecule has 0 aromatic carbocycles. The molecule has 0 aromatic rings. The van der Waals surface area contributed by atoms with Crippen LogP contribution in [0.3, 0.4) is 0 Å². The third kappa shape index (κ3) is 10.6. The Labute approximate surface area is 84.0 Å². The molecular weight excluding hydrogens is 188 g/mol. The molecule has 0 aliphatic carbocycles. The number of rotatable bonds is 8. The summed E-state index contributed by atoms with van der Waals surface area (Å²) in [4.78, 5) is 0. The lowest BCUT2D eigenvalue weighted by molar-refractivity contribution is 0.616. The second-order valence-electron chi connectivity index (χ2n) is 2.86. The van der Waals surface area contributed by atoms with Gasteiger partial charge in [0.25, 0.3) is 0 Å². The first-order chi connectivity index (χ1) is 5.77. The van der Waals surface area contributed by atoms with E-state index in [2.05, 4.69) is 24.5 Å². The molecule has 0 aromatic heterocycles. The Morgan fingerprint density at radius 3 is 2.17 bits per heavy atom. The summed E-state index contributed by atoms with van der Waals surface area (Å²) in [5, 5.41) is 6.51. The summed E-state index contributed by atoms with van der Waals surface area (Å²) in [5.41, 5.74) is 0. The standard InChI is InChI=1S/C8H20N2S2/c1-8(2)10-5-7-12-11-6-4-9-3/h8-10H,4-7H2,1-3H3. The van der Waals surface area contributed by atoms with E-state index >= 15 is 0 Å². The molecule has 74 valence electrons. The van der Waals surface area contributed by atoms with Gasteiger partial charge < -0.3 is 10.6 Å². The minimum atomic E-state index is 0.618. The maximum Gasteiger partial charge on any atom is 0.0162 e. The van der Waals surface area contributed by atoms with Crippen molar-refractivity contribution in [1.29, 1.82) is 0 Å². The highest BCUT2D eigenvalue weighted by molar-refractivity contribution is 8.76. The summed E-state index contributed by atoms with van der Waals surface area (Å²) < 4.78 is 0. The van der Waals surface area contributed by atoms with E-state index in [9.17, 15) is 0 Å². The van der Waals surface area contributed by atoms with E-state index < -0.39 is 0 Å². The van der Waals surface area contributed by atoms with Crippen molar-refractivity contribution in [2.75, 3.05) is 31.6 Å². The summed E-state index contributed by atoms with van der Waals surface area (Å²) in [7, 11) is 5.88. The third-order valence-electron chi connectivity index (χ3n) is 1.26. The Morgan fingerprint density at radius 2 is 1.67 bits per heavy atom. The Morgan fingerprint density at radius 1 is 1.08 bits per heavy atom. The van der Waals surface area contributed by atoms with Crippen molar-refractivity contribution in [1.82, 2.24) is 10.6 Å². The van der Waals surface area contributed by atoms with Gasteiger partial charge in [-0.15, -0.1) is 0 Å². The van der Waals surface area contributed by atoms with E-state index in [4.69, 9.17) is 0 Å². The van der Waals surface area contributed by atoms with Gasteiger partial charge in [-0.2, -0.15) is 0 Å². The number of hydrogen-bond acceptors (Lipinski definition) is 4. The van der Waals surface area contributed by atoms with Crippen LogP contribution in [0.2, 0.25) is 0 Å². The van der Waals surface area contributed by atoms with Crippen LogP contribution in [0.5, 0.6) is 0 Å². The summed E-state index contributed by atoms with van der Waals surface area (Å²) in [5.74, 6) is 2.40. The van der Waals surface area contributed by atoms with Crippen LogP contribution < -0.4 is 10.6 Å². The largest absolute Gasteiger partial charge is 0.319 e. The fourth-order valence-corrected chi connectivity index (χ4v) is 2.58. The molecule has 0 atom stereocenters. The number of hydrogen-bond donors (Lipinski definition) is 2. The van der Waals surface area contributed by atoms with Gasteiger partial charge >= 0.3 is 0 Å². The Kier molecular flexibility index (Phi) is 10.2. The van der Waals surface area contributed by atoms with Gasteiger partial charge in [0.05, 0.1) is 0 Å². The van der Waals surface area contributed by atoms with Gasteiger partial charge in [-0.1, -0.05) is 35.4 Å². The van der Waals surface area contributed by atoms with Gasteiger partial charge in [0.1, 0.15) is 0 Å². The van der Waals surface area contributed by atoms with Gasteiger partial charge in [-0.3, -0.25) is 0 Å². The molecule has 0 spiro atoms. The highest BCUT2D eigenvalue weighted by atomic mass is 33.1. The first kappa shape index (κ1) is 12.6. The van der Waals surface area contributed by atoms with E-state index in [1.165, 1.54) is 11.5 Å². The molecule has 0 bridgehead atoms. The second kappa shape index (κ2) is 9.71. The molecular formula is C8H20N2S2. The van der Waals surface area contributed by atoms with Gasteiger partial charge in [0.2, 0.25) is 0 Å². The first-order valence-electron chi connectivity index (χ1n) is 4.39. The zero-order valence-electron chi connectivity index (χ0n) is 8.22. The highest BCUT2D eigenvalue weighted by Crippen LogP contribution is 2.19. The van der Waals surface area contributed by atoms with Crippen molar-refractivity contribution in [3.8, 4) is 0 Å². The lowest BCUT2D eigenvalue weighted by Crippen LogP contribution is -2.24. The summed E-state index contributed by atoms with van der Waals surface area (Å²) in [6.07, 6.45) is 0. The fraction of sp³-hybridized carbons (Fsp3) is 1.00. The van der Waals surface area contributed by atoms with Crippen LogP contribution in [-0.4, -0.2) is 37.7 Å². The zero-order chi connectivity index (χ0) is 9.23. The lowest BCUT2D eigenvalue weighted by Gasteiger charge is -2.06. The van der Waals surface area contributed by atoms with Crippen LogP contribution in [0, 0.1) is 0 Å². The minimum Gasteiger partial charge on any atom is -0.319 e. The lowest BCUT2D eigenvalue weighted by atomic mass is 10.4. The maximum atomic E-state index is 3.39. The molecule has 12 heavy (non-hydrogen) atoms. The Balaban J connectivity index is 2.82. The Hall–Kier alpha value is 0.620. The zero-order valence-corrected chi connectivity index (χ0v) is 9.86. The predicted molar refractivity (Wildman–Crippen MR) is 62.0 cm³/mol. The average molecular weight is 208 g/mol. The third-order valence-corrected chi connectivity index (χ3v) is 3.66. The maximum absolute atomic E-state index is 3.39. The van der Waals surface area contributed by atoms with Crippen LogP contribution in [0.25, 0.3) is 0 Å². The quantitative estimate of drug-likeness (QED) is 0.467. The Bertz CT molecular complexity index is 89.1. The molecule has 0 unspecified atom stereocenters. The van der Waals surface area contributed by atoms with E-state index in [-0.39, 0.29) is 0 Å². The second-order valence-corrected chi connectivity index (χ2v) is 5.56. The van der Waals surface area contributed by atoms with Gasteiger partial charge in [-0.25, -0.2) is 0 Å². The van der Waals surface area contributed by atoms with Gasteiger partial charge in [0, 0.05) is 30.6 Å². The summed E-state index contributed by atoms with van der Waals surface area (Å²) in [6, 6.07) is 0.618. The minimum absolute atomic E-state index is 0.618. The normalized spacial score (nSPS) is 11.0. The molecule has 2 nitrogen and oxygen atoms in total. The molecule has 0 aliphatic rings. The van der Waals surface area contributed by atoms with E-state index in [0.717, 1.165) is 13.1 Å². The molecule has 0 radical (unpaired) electrons. The first-order valence-corrected chi connectivity index (χ1v) is 6.88. The average Bonchev–Trinajstić information content (AvgIpc) is 2.02. The molecule has 0 saturated heterocycles. The fourth-order valence-electron chi connectivity index (χ4n) is 0.651. The highest BCUT2D eigenvalue weighted by Gasteiger charge is 1.92. The van der Waals surface area contributed by atoms with Crippen molar-refractivity contribution < 1.29 is 0 Å². The van der Waals surface area contributed by atoms with Gasteiger partial charge in [-0.05, 0) is 7.05 Å². The molecule has 0 heterocycles. The summed E-state index contributed by atoms with van der Waals surface area (Å²) >= 11 is 0. The predicted octanol–water partition coefficient (Wildman–Crippen LogP) is 1.59. The topological polar surface area (TPSA) is 24.1 Å². The van der Waals surface area contributed by atoms with E-state index in [1.807, 2.05) is 28.6 Å². The van der Waals surface area contributed by atoms with Crippen molar-refractivity contribution in [2.45, 2.75) is 19.9 Å². The molecule has 0 fully saturated rings. The van der Waals surface area contributed by atoms with Crippen LogP contribution in [-0.2, 0) is 0 Å². The molecule has 0 saturated carbocycles. The SMILES string of the molecule is CNCCSSCCNC(C)C. The molecule has 0 amide bonds. The van der Waals surface area contributed by atoms with Gasteiger partial charge in [0.15, 0.2) is 0 Å². The summed E-state index contributed by atoms with van der Waals surface area (Å²) in [6.45, 7) is 6.59. The molecule has 0 aliphatic heterocycles.